The summed E-state index contributed by atoms with van der Waals surface area (Å²) in [6.45, 7) is 1.17. The minimum absolute atomic E-state index is 0.0581. The zero-order valence-corrected chi connectivity index (χ0v) is 11.3. The van der Waals surface area contributed by atoms with Crippen LogP contribution in [0, 0.1) is 0 Å². The zero-order valence-electron chi connectivity index (χ0n) is 10.5. The topological polar surface area (TPSA) is 123 Å². The van der Waals surface area contributed by atoms with Crippen molar-refractivity contribution >= 4 is 21.9 Å². The van der Waals surface area contributed by atoms with E-state index < -0.39 is 28.4 Å². The number of aryl methyl sites for hydroxylation is 1. The Morgan fingerprint density at radius 3 is 2.42 bits per heavy atom. The molecule has 0 aliphatic carbocycles. The fourth-order valence-electron chi connectivity index (χ4n) is 1.58. The first-order chi connectivity index (χ1) is 8.70. The molecule has 0 aromatic carbocycles. The van der Waals surface area contributed by atoms with Crippen molar-refractivity contribution in [2.24, 2.45) is 12.8 Å². The third-order valence-corrected chi connectivity index (χ3v) is 4.41. The molecule has 0 saturated carbocycles. The summed E-state index contributed by atoms with van der Waals surface area (Å²) in [7, 11) is -2.51. The minimum atomic E-state index is -3.93. The molecule has 0 unspecified atom stereocenters. The third kappa shape index (κ3) is 3.12. The van der Waals surface area contributed by atoms with E-state index in [1.165, 1.54) is 17.8 Å². The quantitative estimate of drug-likeness (QED) is 0.711. The molecule has 0 atom stereocenters. The smallest absolute Gasteiger partial charge is 0.352 e. The number of likely N-dealkylation sites (N-methyl/N-ethyl adjacent to an activating group) is 1. The molecule has 0 bridgehead atoms. The standard InChI is InChI=1S/C10H15N3O5S/c1-3-13(6-9(11)14)19(17,18)7-4-8(10(15)16)12(2)5-7/h4-5H,3,6H2,1-2H3,(H2,11,14)(H,15,16). The first kappa shape index (κ1) is 15.2. The maximum atomic E-state index is 12.2. The van der Waals surface area contributed by atoms with Crippen LogP contribution in [-0.4, -0.2) is 47.4 Å². The maximum absolute atomic E-state index is 12.2. The summed E-state index contributed by atoms with van der Waals surface area (Å²) in [5.74, 6) is -2.01. The van der Waals surface area contributed by atoms with Gasteiger partial charge in [0.15, 0.2) is 0 Å². The van der Waals surface area contributed by atoms with Crippen molar-refractivity contribution < 1.29 is 23.1 Å². The number of aromatic carboxylic acids is 1. The normalized spacial score (nSPS) is 11.7. The number of sulfonamides is 1. The van der Waals surface area contributed by atoms with Crippen LogP contribution in [0.5, 0.6) is 0 Å². The van der Waals surface area contributed by atoms with Crippen molar-refractivity contribution in [3.05, 3.63) is 18.0 Å². The summed E-state index contributed by atoms with van der Waals surface area (Å²) in [6.07, 6.45) is 1.18. The largest absolute Gasteiger partial charge is 0.477 e. The lowest BCUT2D eigenvalue weighted by Gasteiger charge is -2.17. The van der Waals surface area contributed by atoms with E-state index in [0.29, 0.717) is 0 Å². The highest BCUT2D eigenvalue weighted by molar-refractivity contribution is 7.89. The van der Waals surface area contributed by atoms with Crippen molar-refractivity contribution in [3.63, 3.8) is 0 Å². The average Bonchev–Trinajstić information content (AvgIpc) is 2.68. The second kappa shape index (κ2) is 5.41. The van der Waals surface area contributed by atoms with E-state index in [1.54, 1.807) is 6.92 Å². The Bertz CT molecular complexity index is 605. The Morgan fingerprint density at radius 2 is 2.05 bits per heavy atom. The van der Waals surface area contributed by atoms with Gasteiger partial charge in [0.1, 0.15) is 10.6 Å². The highest BCUT2D eigenvalue weighted by atomic mass is 32.2. The van der Waals surface area contributed by atoms with Gasteiger partial charge in [-0.1, -0.05) is 6.92 Å². The molecule has 0 radical (unpaired) electrons. The van der Waals surface area contributed by atoms with Crippen molar-refractivity contribution in [3.8, 4) is 0 Å². The van der Waals surface area contributed by atoms with Gasteiger partial charge in [-0.05, 0) is 6.07 Å². The van der Waals surface area contributed by atoms with Gasteiger partial charge in [-0.3, -0.25) is 4.79 Å². The Labute approximate surface area is 110 Å². The second-order valence-electron chi connectivity index (χ2n) is 3.87. The molecule has 0 aliphatic rings. The molecule has 0 saturated heterocycles. The number of carboxylic acids is 1. The molecule has 8 nitrogen and oxygen atoms in total. The fourth-order valence-corrected chi connectivity index (χ4v) is 3.06. The van der Waals surface area contributed by atoms with Crippen LogP contribution in [0.25, 0.3) is 0 Å². The molecule has 0 aliphatic heterocycles. The van der Waals surface area contributed by atoms with E-state index in [4.69, 9.17) is 10.8 Å². The molecule has 1 heterocycles. The summed E-state index contributed by atoms with van der Waals surface area (Å²) < 4.78 is 26.5. The van der Waals surface area contributed by atoms with Crippen LogP contribution in [0.3, 0.4) is 0 Å². The lowest BCUT2D eigenvalue weighted by atomic mass is 10.4. The van der Waals surface area contributed by atoms with E-state index in [-0.39, 0.29) is 17.1 Å². The predicted molar refractivity (Wildman–Crippen MR) is 66.0 cm³/mol. The van der Waals surface area contributed by atoms with Crippen LogP contribution < -0.4 is 5.73 Å². The number of rotatable bonds is 6. The molecule has 3 N–H and O–H groups in total. The molecule has 106 valence electrons. The molecule has 1 amide bonds. The number of carbonyl (C=O) groups is 2. The highest BCUT2D eigenvalue weighted by Gasteiger charge is 2.27. The molecule has 1 aromatic rings. The van der Waals surface area contributed by atoms with Gasteiger partial charge >= 0.3 is 5.97 Å². The number of amides is 1. The molecule has 19 heavy (non-hydrogen) atoms. The lowest BCUT2D eigenvalue weighted by Crippen LogP contribution is -2.38. The van der Waals surface area contributed by atoms with Crippen LogP contribution in [0.2, 0.25) is 0 Å². The van der Waals surface area contributed by atoms with E-state index >= 15 is 0 Å². The molecule has 1 aromatic heterocycles. The summed E-state index contributed by atoms with van der Waals surface area (Å²) in [6, 6.07) is 1.04. The Morgan fingerprint density at radius 1 is 1.47 bits per heavy atom. The number of hydrogen-bond acceptors (Lipinski definition) is 4. The van der Waals surface area contributed by atoms with Gasteiger partial charge in [0.2, 0.25) is 15.9 Å². The van der Waals surface area contributed by atoms with Gasteiger partial charge in [-0.25, -0.2) is 13.2 Å². The zero-order chi connectivity index (χ0) is 14.8. The van der Waals surface area contributed by atoms with Crippen molar-refractivity contribution in [1.29, 1.82) is 0 Å². The van der Waals surface area contributed by atoms with Crippen LogP contribution in [0.4, 0.5) is 0 Å². The Hall–Kier alpha value is -1.87. The Balaban J connectivity index is 3.22. The van der Waals surface area contributed by atoms with Gasteiger partial charge in [0.05, 0.1) is 6.54 Å². The molecule has 0 fully saturated rings. The van der Waals surface area contributed by atoms with E-state index in [9.17, 15) is 18.0 Å². The first-order valence-electron chi connectivity index (χ1n) is 5.38. The fraction of sp³-hybridized carbons (Fsp3) is 0.400. The lowest BCUT2D eigenvalue weighted by molar-refractivity contribution is -0.118. The van der Waals surface area contributed by atoms with Crippen LogP contribution in [0.1, 0.15) is 17.4 Å². The first-order valence-corrected chi connectivity index (χ1v) is 6.82. The predicted octanol–water partition coefficient (Wildman–Crippen LogP) is -0.781. The second-order valence-corrected chi connectivity index (χ2v) is 5.81. The number of nitrogens with zero attached hydrogens (tertiary/aromatic N) is 2. The summed E-state index contributed by atoms with van der Waals surface area (Å²) in [5, 5.41) is 8.88. The number of aromatic nitrogens is 1. The molecule has 0 spiro atoms. The van der Waals surface area contributed by atoms with Crippen LogP contribution in [-0.2, 0) is 21.9 Å². The molecular formula is C10H15N3O5S. The van der Waals surface area contributed by atoms with Gasteiger partial charge < -0.3 is 15.4 Å². The number of carboxylic acid groups (broad SMARTS) is 1. The maximum Gasteiger partial charge on any atom is 0.352 e. The number of nitrogens with two attached hydrogens (primary N) is 1. The Kier molecular flexibility index (Phi) is 4.32. The third-order valence-electron chi connectivity index (χ3n) is 2.52. The molecular weight excluding hydrogens is 274 g/mol. The number of primary amides is 1. The van der Waals surface area contributed by atoms with E-state index in [0.717, 1.165) is 10.4 Å². The van der Waals surface area contributed by atoms with Crippen LogP contribution in [0.15, 0.2) is 17.2 Å². The van der Waals surface area contributed by atoms with Crippen LogP contribution >= 0.6 is 0 Å². The number of carbonyl (C=O) groups excluding carboxylic acids is 1. The van der Waals surface area contributed by atoms with Gasteiger partial charge in [0, 0.05) is 19.8 Å². The summed E-state index contributed by atoms with van der Waals surface area (Å²) in [4.78, 5) is 21.5. The highest BCUT2D eigenvalue weighted by Crippen LogP contribution is 2.18. The van der Waals surface area contributed by atoms with E-state index in [1.807, 2.05) is 0 Å². The van der Waals surface area contributed by atoms with E-state index in [2.05, 4.69) is 0 Å². The van der Waals surface area contributed by atoms with Crippen molar-refractivity contribution in [2.75, 3.05) is 13.1 Å². The van der Waals surface area contributed by atoms with Gasteiger partial charge in [-0.15, -0.1) is 0 Å². The van der Waals surface area contributed by atoms with Crippen molar-refractivity contribution in [2.45, 2.75) is 11.8 Å². The summed E-state index contributed by atoms with van der Waals surface area (Å²) in [5.41, 5.74) is 4.82. The van der Waals surface area contributed by atoms with Crippen molar-refractivity contribution in [1.82, 2.24) is 8.87 Å². The number of hydrogen-bond donors (Lipinski definition) is 2. The SMILES string of the molecule is CCN(CC(N)=O)S(=O)(=O)c1cc(C(=O)O)n(C)c1. The molecule has 1 rings (SSSR count). The minimum Gasteiger partial charge on any atom is -0.477 e. The van der Waals surface area contributed by atoms with Gasteiger partial charge in [-0.2, -0.15) is 4.31 Å². The van der Waals surface area contributed by atoms with Gasteiger partial charge in [0.25, 0.3) is 0 Å². The monoisotopic (exact) mass is 289 g/mol. The average molecular weight is 289 g/mol. The molecule has 9 heteroatoms. The summed E-state index contributed by atoms with van der Waals surface area (Å²) >= 11 is 0.